The van der Waals surface area contributed by atoms with Gasteiger partial charge in [0.15, 0.2) is 0 Å². The Morgan fingerprint density at radius 1 is 1.38 bits per heavy atom. The number of fused-ring (bicyclic) bond motifs is 3. The monoisotopic (exact) mass is 226 g/mol. The van der Waals surface area contributed by atoms with Gasteiger partial charge in [-0.05, 0) is 46.0 Å². The predicted molar refractivity (Wildman–Crippen MR) is 62.0 cm³/mol. The first kappa shape index (κ1) is 11.7. The molecule has 2 saturated heterocycles. The smallest absolute Gasteiger partial charge is 0.410 e. The molecule has 2 bridgehead atoms. The number of piperidine rings is 2. The number of carbonyl (C=O) groups is 1. The van der Waals surface area contributed by atoms with Crippen molar-refractivity contribution in [3.8, 4) is 0 Å². The van der Waals surface area contributed by atoms with Crippen LogP contribution in [0.25, 0.3) is 0 Å². The number of carbonyl (C=O) groups excluding carboxylic acids is 1. The van der Waals surface area contributed by atoms with Crippen LogP contribution in [0.15, 0.2) is 0 Å². The third-order valence-electron chi connectivity index (χ3n) is 3.52. The molecule has 0 spiro atoms. The molecule has 3 rings (SSSR count). The number of ether oxygens (including phenoxy) is 1. The molecule has 3 aliphatic rings. The molecule has 0 radical (unpaired) electrons. The van der Waals surface area contributed by atoms with Gasteiger partial charge in [0.1, 0.15) is 5.60 Å². The standard InChI is InChI=1S/C12H22N2O2/c1-12(2,3)16-11(15)14-7-8-4-5-9(14)6-10(8)13/h8-10H,4-7,13H2,1-3H3/t8-,9+,10-/m0/s1. The van der Waals surface area contributed by atoms with Crippen molar-refractivity contribution in [3.05, 3.63) is 0 Å². The highest BCUT2D eigenvalue weighted by molar-refractivity contribution is 5.69. The minimum absolute atomic E-state index is 0.172. The zero-order valence-corrected chi connectivity index (χ0v) is 10.4. The van der Waals surface area contributed by atoms with Crippen molar-refractivity contribution in [2.75, 3.05) is 6.54 Å². The lowest BCUT2D eigenvalue weighted by Gasteiger charge is -2.48. The third kappa shape index (κ3) is 2.32. The molecule has 16 heavy (non-hydrogen) atoms. The van der Waals surface area contributed by atoms with Gasteiger partial charge >= 0.3 is 6.09 Å². The SMILES string of the molecule is CC(C)(C)OC(=O)N1C[C@@H]2CC[C@@H]1C[C@@H]2N. The average molecular weight is 226 g/mol. The van der Waals surface area contributed by atoms with Crippen LogP contribution in [0.4, 0.5) is 4.79 Å². The van der Waals surface area contributed by atoms with Gasteiger partial charge in [-0.15, -0.1) is 0 Å². The summed E-state index contributed by atoms with van der Waals surface area (Å²) in [6.45, 7) is 6.48. The lowest BCUT2D eigenvalue weighted by Crippen LogP contribution is -2.59. The molecule has 0 aromatic rings. The van der Waals surface area contributed by atoms with E-state index in [9.17, 15) is 4.79 Å². The van der Waals surface area contributed by atoms with Crippen LogP contribution < -0.4 is 5.73 Å². The van der Waals surface area contributed by atoms with Gasteiger partial charge in [0.2, 0.25) is 0 Å². The second kappa shape index (κ2) is 3.91. The van der Waals surface area contributed by atoms with Crippen molar-refractivity contribution < 1.29 is 9.53 Å². The van der Waals surface area contributed by atoms with Gasteiger partial charge in [0.05, 0.1) is 0 Å². The summed E-state index contributed by atoms with van der Waals surface area (Å²) in [5, 5.41) is 0. The Hall–Kier alpha value is -0.770. The van der Waals surface area contributed by atoms with Gasteiger partial charge < -0.3 is 15.4 Å². The first-order chi connectivity index (χ1) is 7.37. The van der Waals surface area contributed by atoms with Crippen LogP contribution in [0.2, 0.25) is 0 Å². The van der Waals surface area contributed by atoms with E-state index in [4.69, 9.17) is 10.5 Å². The van der Waals surface area contributed by atoms with E-state index in [-0.39, 0.29) is 12.1 Å². The Morgan fingerprint density at radius 3 is 2.50 bits per heavy atom. The minimum Gasteiger partial charge on any atom is -0.444 e. The maximum atomic E-state index is 12.0. The summed E-state index contributed by atoms with van der Waals surface area (Å²) in [4.78, 5) is 13.9. The lowest BCUT2D eigenvalue weighted by molar-refractivity contribution is -0.0170. The largest absolute Gasteiger partial charge is 0.444 e. The molecule has 2 heterocycles. The fourth-order valence-electron chi connectivity index (χ4n) is 2.70. The summed E-state index contributed by atoms with van der Waals surface area (Å²) in [5.74, 6) is 0.470. The van der Waals surface area contributed by atoms with E-state index in [0.717, 1.165) is 25.8 Å². The number of nitrogens with zero attached hydrogens (tertiary/aromatic N) is 1. The third-order valence-corrected chi connectivity index (χ3v) is 3.52. The Labute approximate surface area is 97.1 Å². The summed E-state index contributed by atoms with van der Waals surface area (Å²) in [7, 11) is 0. The van der Waals surface area contributed by atoms with E-state index in [1.807, 2.05) is 25.7 Å². The van der Waals surface area contributed by atoms with Crippen LogP contribution in [0.3, 0.4) is 0 Å². The van der Waals surface area contributed by atoms with Gasteiger partial charge in [-0.25, -0.2) is 4.79 Å². The van der Waals surface area contributed by atoms with Crippen LogP contribution >= 0.6 is 0 Å². The minimum atomic E-state index is -0.407. The average Bonchev–Trinajstić information content (AvgIpc) is 2.15. The molecule has 0 aromatic heterocycles. The zero-order chi connectivity index (χ0) is 11.9. The molecule has 0 unspecified atom stereocenters. The van der Waals surface area contributed by atoms with Crippen molar-refractivity contribution in [2.24, 2.45) is 11.7 Å². The highest BCUT2D eigenvalue weighted by atomic mass is 16.6. The summed E-state index contributed by atoms with van der Waals surface area (Å²) >= 11 is 0. The lowest BCUT2D eigenvalue weighted by atomic mass is 9.77. The Balaban J connectivity index is 1.99. The number of rotatable bonds is 0. The van der Waals surface area contributed by atoms with E-state index in [1.54, 1.807) is 0 Å². The van der Waals surface area contributed by atoms with E-state index in [2.05, 4.69) is 0 Å². The molecule has 1 aliphatic carbocycles. The number of nitrogens with two attached hydrogens (primary N) is 1. The van der Waals surface area contributed by atoms with Crippen LogP contribution in [-0.2, 0) is 4.74 Å². The van der Waals surface area contributed by atoms with Crippen molar-refractivity contribution >= 4 is 6.09 Å². The second-order valence-electron chi connectivity index (χ2n) is 6.02. The summed E-state index contributed by atoms with van der Waals surface area (Å²) < 4.78 is 5.41. The molecule has 3 fully saturated rings. The molecule has 0 aromatic carbocycles. The van der Waals surface area contributed by atoms with Gasteiger partial charge in [-0.3, -0.25) is 0 Å². The first-order valence-electron chi connectivity index (χ1n) is 6.12. The van der Waals surface area contributed by atoms with Crippen LogP contribution in [0, 0.1) is 5.92 Å². The predicted octanol–water partition coefficient (Wildman–Crippen LogP) is 1.73. The van der Waals surface area contributed by atoms with Crippen molar-refractivity contribution in [2.45, 2.75) is 57.7 Å². The molecule has 2 aliphatic heterocycles. The number of hydrogen-bond acceptors (Lipinski definition) is 3. The van der Waals surface area contributed by atoms with Gasteiger partial charge in [-0.1, -0.05) is 0 Å². The molecular formula is C12H22N2O2. The molecule has 3 atom stereocenters. The van der Waals surface area contributed by atoms with Gasteiger partial charge in [-0.2, -0.15) is 0 Å². The zero-order valence-electron chi connectivity index (χ0n) is 10.4. The molecule has 1 saturated carbocycles. The maximum Gasteiger partial charge on any atom is 0.410 e. The van der Waals surface area contributed by atoms with Gasteiger partial charge in [0, 0.05) is 18.6 Å². The van der Waals surface area contributed by atoms with E-state index >= 15 is 0 Å². The summed E-state index contributed by atoms with van der Waals surface area (Å²) in [6, 6.07) is 0.576. The van der Waals surface area contributed by atoms with Crippen LogP contribution in [-0.4, -0.2) is 35.2 Å². The van der Waals surface area contributed by atoms with E-state index < -0.39 is 5.60 Å². The quantitative estimate of drug-likeness (QED) is 0.684. The molecule has 4 nitrogen and oxygen atoms in total. The molecule has 1 amide bonds. The van der Waals surface area contributed by atoms with Crippen molar-refractivity contribution in [1.29, 1.82) is 0 Å². The summed E-state index contributed by atoms with van der Waals surface area (Å²) in [5.41, 5.74) is 5.62. The topological polar surface area (TPSA) is 55.6 Å². The highest BCUT2D eigenvalue weighted by Gasteiger charge is 2.42. The Bertz CT molecular complexity index is 285. The van der Waals surface area contributed by atoms with Crippen LogP contribution in [0.1, 0.15) is 40.0 Å². The van der Waals surface area contributed by atoms with Crippen LogP contribution in [0.5, 0.6) is 0 Å². The molecule has 92 valence electrons. The fraction of sp³-hybridized carbons (Fsp3) is 0.917. The number of amides is 1. The van der Waals surface area contributed by atoms with E-state index in [1.165, 1.54) is 0 Å². The Morgan fingerprint density at radius 2 is 2.06 bits per heavy atom. The molecule has 4 heteroatoms. The van der Waals surface area contributed by atoms with Crippen molar-refractivity contribution in [3.63, 3.8) is 0 Å². The number of hydrogen-bond donors (Lipinski definition) is 1. The van der Waals surface area contributed by atoms with Gasteiger partial charge in [0.25, 0.3) is 0 Å². The molecular weight excluding hydrogens is 204 g/mol. The first-order valence-corrected chi connectivity index (χ1v) is 6.12. The maximum absolute atomic E-state index is 12.0. The normalized spacial score (nSPS) is 34.0. The molecule has 2 N–H and O–H groups in total. The fourth-order valence-corrected chi connectivity index (χ4v) is 2.70. The van der Waals surface area contributed by atoms with E-state index in [0.29, 0.717) is 12.0 Å². The van der Waals surface area contributed by atoms with Crippen molar-refractivity contribution in [1.82, 2.24) is 4.90 Å². The highest BCUT2D eigenvalue weighted by Crippen LogP contribution is 2.34. The Kier molecular flexibility index (Phi) is 2.86. The summed E-state index contributed by atoms with van der Waals surface area (Å²) in [6.07, 6.45) is 3.00. The second-order valence-corrected chi connectivity index (χ2v) is 6.02.